The molecule has 0 bridgehead atoms. The summed E-state index contributed by atoms with van der Waals surface area (Å²) >= 11 is 1.75. The number of nitrogens with one attached hydrogen (secondary N) is 1. The van der Waals surface area contributed by atoms with Crippen LogP contribution in [0.25, 0.3) is 5.69 Å². The van der Waals surface area contributed by atoms with Crippen LogP contribution in [0.2, 0.25) is 0 Å². The Morgan fingerprint density at radius 3 is 2.38 bits per heavy atom. The molecule has 1 atom stereocenters. The molecule has 4 heterocycles. The highest BCUT2D eigenvalue weighted by atomic mass is 32.1. The third-order valence-corrected chi connectivity index (χ3v) is 7.69. The summed E-state index contributed by atoms with van der Waals surface area (Å²) in [5.74, 6) is 2.33. The quantitative estimate of drug-likeness (QED) is 0.282. The Morgan fingerprint density at radius 1 is 0.811 bits per heavy atom. The minimum atomic E-state index is -0.0774. The fourth-order valence-electron chi connectivity index (χ4n) is 5.04. The molecule has 0 radical (unpaired) electrons. The van der Waals surface area contributed by atoms with Crippen LogP contribution in [0.5, 0.6) is 0 Å². The maximum atomic E-state index is 5.27. The maximum absolute atomic E-state index is 5.27. The second-order valence-corrected chi connectivity index (χ2v) is 10.2. The average Bonchev–Trinajstić information content (AvgIpc) is 3.58. The normalized spacial score (nSPS) is 15.8. The Kier molecular flexibility index (Phi) is 5.04. The number of hydrogen-bond acceptors (Lipinski definition) is 6. The van der Waals surface area contributed by atoms with Crippen LogP contribution in [0.1, 0.15) is 27.7 Å². The molecule has 1 N–H and O–H groups in total. The predicted molar refractivity (Wildman–Crippen MR) is 152 cm³/mol. The van der Waals surface area contributed by atoms with Crippen LogP contribution >= 0.6 is 11.3 Å². The van der Waals surface area contributed by atoms with E-state index in [4.69, 9.17) is 15.1 Å². The molecule has 0 saturated heterocycles. The van der Waals surface area contributed by atoms with Gasteiger partial charge in [-0.15, -0.1) is 11.3 Å². The lowest BCUT2D eigenvalue weighted by Gasteiger charge is -2.40. The van der Waals surface area contributed by atoms with E-state index in [0.717, 1.165) is 45.7 Å². The zero-order valence-corrected chi connectivity index (χ0v) is 21.3. The van der Waals surface area contributed by atoms with Gasteiger partial charge in [-0.3, -0.25) is 0 Å². The molecule has 7 heteroatoms. The van der Waals surface area contributed by atoms with Crippen LogP contribution in [0.3, 0.4) is 0 Å². The van der Waals surface area contributed by atoms with Gasteiger partial charge in [-0.25, -0.2) is 14.7 Å². The van der Waals surface area contributed by atoms with E-state index in [1.807, 2.05) is 28.9 Å². The minimum absolute atomic E-state index is 0.0774. The first-order valence-electron chi connectivity index (χ1n) is 12.3. The molecule has 0 saturated carbocycles. The van der Waals surface area contributed by atoms with Crippen molar-refractivity contribution in [3.63, 3.8) is 0 Å². The molecule has 180 valence electrons. The van der Waals surface area contributed by atoms with E-state index < -0.39 is 0 Å². The van der Waals surface area contributed by atoms with E-state index in [-0.39, 0.29) is 6.04 Å². The third-order valence-electron chi connectivity index (χ3n) is 6.77. The molecule has 7 rings (SSSR count). The largest absolute Gasteiger partial charge is 0.337 e. The van der Waals surface area contributed by atoms with Gasteiger partial charge in [-0.1, -0.05) is 54.1 Å². The molecule has 0 fully saturated rings. The lowest BCUT2D eigenvalue weighted by atomic mass is 9.98. The van der Waals surface area contributed by atoms with Gasteiger partial charge in [-0.05, 0) is 61.7 Å². The number of thiophene rings is 1. The standard InChI is InChI=1S/C30H24N6S/c1-19-14-16-21(17-15-19)31-28-30-33-29-26(20(2)34-36(29)22-9-4-3-5-10-22)27(25-13-8-18-37-25)35(30)24-12-7-6-11-23(24)32-28/h3-18,27H,1-2H3,(H,31,32)/t27-/m0/s1. The van der Waals surface area contributed by atoms with Crippen LogP contribution in [0, 0.1) is 13.8 Å². The molecular weight excluding hydrogens is 476 g/mol. The van der Waals surface area contributed by atoms with E-state index in [1.54, 1.807) is 11.3 Å². The summed E-state index contributed by atoms with van der Waals surface area (Å²) in [4.78, 5) is 13.9. The fourth-order valence-corrected chi connectivity index (χ4v) is 5.86. The Bertz CT molecular complexity index is 1660. The number of rotatable bonds is 3. The summed E-state index contributed by atoms with van der Waals surface area (Å²) < 4.78 is 1.96. The first-order chi connectivity index (χ1) is 18.2. The van der Waals surface area contributed by atoms with Gasteiger partial charge < -0.3 is 10.2 Å². The van der Waals surface area contributed by atoms with Crippen molar-refractivity contribution in [2.45, 2.75) is 19.9 Å². The molecule has 6 nitrogen and oxygen atoms in total. The third kappa shape index (κ3) is 3.58. The van der Waals surface area contributed by atoms with Gasteiger partial charge in [0.1, 0.15) is 6.04 Å². The van der Waals surface area contributed by atoms with Crippen molar-refractivity contribution >= 4 is 45.9 Å². The van der Waals surface area contributed by atoms with E-state index in [2.05, 4.69) is 96.2 Å². The zero-order valence-electron chi connectivity index (χ0n) is 20.5. The van der Waals surface area contributed by atoms with Crippen molar-refractivity contribution in [2.75, 3.05) is 10.2 Å². The monoisotopic (exact) mass is 500 g/mol. The smallest absolute Gasteiger partial charge is 0.179 e. The summed E-state index contributed by atoms with van der Waals surface area (Å²) in [5.41, 5.74) is 7.19. The van der Waals surface area contributed by atoms with E-state index in [9.17, 15) is 0 Å². The van der Waals surface area contributed by atoms with Gasteiger partial charge in [0.05, 0.1) is 22.8 Å². The van der Waals surface area contributed by atoms with Gasteiger partial charge in [-0.2, -0.15) is 5.10 Å². The molecule has 2 aliphatic rings. The number of para-hydroxylation sites is 3. The second-order valence-electron chi connectivity index (χ2n) is 9.23. The SMILES string of the molecule is Cc1ccc(NC2=Nc3ccccc3N3C2=Nc2c(c(C)nn2-c2ccccc2)[C@@H]3c2cccs2)cc1. The summed E-state index contributed by atoms with van der Waals surface area (Å²) in [5, 5.41) is 10.7. The van der Waals surface area contributed by atoms with Crippen molar-refractivity contribution in [2.24, 2.45) is 9.98 Å². The van der Waals surface area contributed by atoms with Crippen molar-refractivity contribution in [3.8, 4) is 5.69 Å². The van der Waals surface area contributed by atoms with Gasteiger partial charge in [0, 0.05) is 16.1 Å². The number of fused-ring (bicyclic) bond motifs is 4. The number of aromatic nitrogens is 2. The Hall–Kier alpha value is -4.49. The fraction of sp³-hybridized carbons (Fsp3) is 0.100. The molecule has 0 spiro atoms. The molecule has 37 heavy (non-hydrogen) atoms. The first kappa shape index (κ1) is 21.8. The minimum Gasteiger partial charge on any atom is -0.337 e. The van der Waals surface area contributed by atoms with Crippen molar-refractivity contribution in [3.05, 3.63) is 118 Å². The number of amidine groups is 2. The topological polar surface area (TPSA) is 57.8 Å². The molecule has 2 aliphatic heterocycles. The maximum Gasteiger partial charge on any atom is 0.179 e. The number of nitrogens with zero attached hydrogens (tertiary/aromatic N) is 5. The molecule has 2 aromatic heterocycles. The lowest BCUT2D eigenvalue weighted by Crippen LogP contribution is -2.46. The van der Waals surface area contributed by atoms with Gasteiger partial charge in [0.25, 0.3) is 0 Å². The average molecular weight is 501 g/mol. The summed E-state index contributed by atoms with van der Waals surface area (Å²) in [6, 6.07) is 31.1. The summed E-state index contributed by atoms with van der Waals surface area (Å²) in [6.45, 7) is 4.17. The zero-order chi connectivity index (χ0) is 24.9. The number of benzene rings is 3. The Labute approximate surface area is 219 Å². The Morgan fingerprint density at radius 2 is 1.59 bits per heavy atom. The van der Waals surface area contributed by atoms with Crippen LogP contribution in [-0.4, -0.2) is 21.5 Å². The Balaban J connectivity index is 1.49. The number of anilines is 2. The van der Waals surface area contributed by atoms with Gasteiger partial charge >= 0.3 is 0 Å². The van der Waals surface area contributed by atoms with Crippen LogP contribution in [-0.2, 0) is 0 Å². The summed E-state index contributed by atoms with van der Waals surface area (Å²) in [7, 11) is 0. The van der Waals surface area contributed by atoms with Gasteiger partial charge in [0.15, 0.2) is 17.5 Å². The van der Waals surface area contributed by atoms with E-state index in [0.29, 0.717) is 5.84 Å². The molecule has 3 aromatic carbocycles. The molecule has 5 aromatic rings. The van der Waals surface area contributed by atoms with Gasteiger partial charge in [0.2, 0.25) is 0 Å². The molecular formula is C30H24N6S. The number of hydrogen-bond donors (Lipinski definition) is 1. The lowest BCUT2D eigenvalue weighted by molar-refractivity contribution is 0.830. The molecule has 0 aliphatic carbocycles. The number of aryl methyl sites for hydroxylation is 2. The van der Waals surface area contributed by atoms with Crippen molar-refractivity contribution < 1.29 is 0 Å². The van der Waals surface area contributed by atoms with E-state index >= 15 is 0 Å². The summed E-state index contributed by atoms with van der Waals surface area (Å²) in [6.07, 6.45) is 0. The van der Waals surface area contributed by atoms with Crippen molar-refractivity contribution in [1.29, 1.82) is 0 Å². The first-order valence-corrected chi connectivity index (χ1v) is 13.1. The van der Waals surface area contributed by atoms with Crippen LogP contribution in [0.4, 0.5) is 22.9 Å². The van der Waals surface area contributed by atoms with Crippen LogP contribution in [0.15, 0.2) is 106 Å². The molecule has 0 unspecified atom stereocenters. The molecule has 0 amide bonds. The van der Waals surface area contributed by atoms with Crippen LogP contribution < -0.4 is 10.2 Å². The highest BCUT2D eigenvalue weighted by molar-refractivity contribution is 7.10. The highest BCUT2D eigenvalue weighted by Gasteiger charge is 2.41. The van der Waals surface area contributed by atoms with E-state index in [1.165, 1.54) is 10.4 Å². The highest BCUT2D eigenvalue weighted by Crippen LogP contribution is 2.49. The predicted octanol–water partition coefficient (Wildman–Crippen LogP) is 7.35. The number of aliphatic imine (C=N–C) groups is 2. The van der Waals surface area contributed by atoms with Crippen molar-refractivity contribution in [1.82, 2.24) is 9.78 Å². The second kappa shape index (κ2) is 8.57.